The van der Waals surface area contributed by atoms with E-state index >= 15 is 0 Å². The lowest BCUT2D eigenvalue weighted by Crippen LogP contribution is -2.36. The van der Waals surface area contributed by atoms with E-state index in [9.17, 15) is 4.79 Å². The maximum Gasteiger partial charge on any atom is 0.237 e. The molecule has 0 radical (unpaired) electrons. The number of thioether (sulfide) groups is 1. The SMILES string of the molecule is C[C@@H](Sc1nc(CN2CCOCC2)nc2ccccc12)C(=O)Nc1ccccc1. The highest BCUT2D eigenvalue weighted by Crippen LogP contribution is 2.29. The number of nitrogens with zero attached hydrogens (tertiary/aromatic N) is 3. The van der Waals surface area contributed by atoms with E-state index < -0.39 is 0 Å². The maximum absolute atomic E-state index is 12.7. The molecule has 3 aromatic rings. The number of anilines is 1. The van der Waals surface area contributed by atoms with Crippen LogP contribution in [0.4, 0.5) is 5.69 Å². The molecule has 1 aliphatic heterocycles. The van der Waals surface area contributed by atoms with Crippen LogP contribution in [0.25, 0.3) is 10.9 Å². The molecule has 2 aromatic carbocycles. The van der Waals surface area contributed by atoms with Gasteiger partial charge >= 0.3 is 0 Å². The van der Waals surface area contributed by atoms with Crippen LogP contribution in [-0.2, 0) is 16.1 Å². The smallest absolute Gasteiger partial charge is 0.237 e. The van der Waals surface area contributed by atoms with Gasteiger partial charge in [0, 0.05) is 24.2 Å². The van der Waals surface area contributed by atoms with Crippen molar-refractivity contribution in [3.63, 3.8) is 0 Å². The lowest BCUT2D eigenvalue weighted by molar-refractivity contribution is -0.115. The van der Waals surface area contributed by atoms with Crippen LogP contribution in [0.3, 0.4) is 0 Å². The van der Waals surface area contributed by atoms with Crippen LogP contribution in [0.1, 0.15) is 12.7 Å². The fourth-order valence-electron chi connectivity index (χ4n) is 3.20. The number of nitrogens with one attached hydrogen (secondary N) is 1. The van der Waals surface area contributed by atoms with Gasteiger partial charge in [0.2, 0.25) is 5.91 Å². The third kappa shape index (κ3) is 5.12. The molecular weight excluding hydrogens is 384 g/mol. The Hall–Kier alpha value is -2.48. The van der Waals surface area contributed by atoms with Crippen LogP contribution >= 0.6 is 11.8 Å². The predicted molar refractivity (Wildman–Crippen MR) is 116 cm³/mol. The van der Waals surface area contributed by atoms with Gasteiger partial charge in [-0.05, 0) is 25.1 Å². The molecular formula is C22H24N4O2S. The second kappa shape index (κ2) is 9.35. The van der Waals surface area contributed by atoms with Gasteiger partial charge in [-0.15, -0.1) is 0 Å². The molecule has 2 heterocycles. The highest BCUT2D eigenvalue weighted by Gasteiger charge is 2.19. The minimum atomic E-state index is -0.287. The Morgan fingerprint density at radius 2 is 1.83 bits per heavy atom. The van der Waals surface area contributed by atoms with Gasteiger partial charge < -0.3 is 10.1 Å². The molecule has 29 heavy (non-hydrogen) atoms. The second-order valence-corrected chi connectivity index (χ2v) is 8.30. The fourth-order valence-corrected chi connectivity index (χ4v) is 4.16. The number of aromatic nitrogens is 2. The molecule has 0 spiro atoms. The summed E-state index contributed by atoms with van der Waals surface area (Å²) in [5.74, 6) is 0.738. The number of benzene rings is 2. The molecule has 150 valence electrons. The molecule has 0 saturated carbocycles. The van der Waals surface area contributed by atoms with E-state index in [0.29, 0.717) is 6.54 Å². The van der Waals surface area contributed by atoms with Crippen molar-refractivity contribution in [3.05, 3.63) is 60.4 Å². The van der Waals surface area contributed by atoms with Crippen molar-refractivity contribution in [2.24, 2.45) is 0 Å². The first kappa shape index (κ1) is 19.8. The molecule has 1 fully saturated rings. The molecule has 7 heteroatoms. The van der Waals surface area contributed by atoms with Crippen LogP contribution in [0, 0.1) is 0 Å². The summed E-state index contributed by atoms with van der Waals surface area (Å²) in [6, 6.07) is 17.5. The molecule has 0 unspecified atom stereocenters. The van der Waals surface area contributed by atoms with Gasteiger partial charge in [0.25, 0.3) is 0 Å². The van der Waals surface area contributed by atoms with Gasteiger partial charge in [-0.3, -0.25) is 9.69 Å². The van der Waals surface area contributed by atoms with Crippen molar-refractivity contribution >= 4 is 34.3 Å². The highest BCUT2D eigenvalue weighted by atomic mass is 32.2. The topological polar surface area (TPSA) is 67.3 Å². The average Bonchev–Trinajstić information content (AvgIpc) is 2.75. The van der Waals surface area contributed by atoms with E-state index in [1.807, 2.05) is 61.5 Å². The second-order valence-electron chi connectivity index (χ2n) is 6.97. The summed E-state index contributed by atoms with van der Waals surface area (Å²) in [6.07, 6.45) is 0. The van der Waals surface area contributed by atoms with Gasteiger partial charge in [0.1, 0.15) is 10.9 Å². The van der Waals surface area contributed by atoms with Crippen molar-refractivity contribution in [3.8, 4) is 0 Å². The number of para-hydroxylation sites is 2. The average molecular weight is 409 g/mol. The van der Waals surface area contributed by atoms with Crippen molar-refractivity contribution in [2.45, 2.75) is 23.7 Å². The molecule has 0 aliphatic carbocycles. The Morgan fingerprint density at radius 1 is 1.10 bits per heavy atom. The number of rotatable bonds is 6. The number of hydrogen-bond donors (Lipinski definition) is 1. The number of amides is 1. The Morgan fingerprint density at radius 3 is 2.62 bits per heavy atom. The zero-order valence-electron chi connectivity index (χ0n) is 16.4. The van der Waals surface area contributed by atoms with E-state index in [-0.39, 0.29) is 11.2 Å². The van der Waals surface area contributed by atoms with E-state index in [1.54, 1.807) is 0 Å². The third-order valence-electron chi connectivity index (χ3n) is 4.78. The van der Waals surface area contributed by atoms with Crippen molar-refractivity contribution in [1.29, 1.82) is 0 Å². The summed E-state index contributed by atoms with van der Waals surface area (Å²) in [6.45, 7) is 5.84. The number of ether oxygens (including phenoxy) is 1. The van der Waals surface area contributed by atoms with Gasteiger partial charge in [-0.2, -0.15) is 0 Å². The fraction of sp³-hybridized carbons (Fsp3) is 0.318. The van der Waals surface area contributed by atoms with E-state index in [2.05, 4.69) is 10.2 Å². The summed E-state index contributed by atoms with van der Waals surface area (Å²) in [5.41, 5.74) is 1.70. The van der Waals surface area contributed by atoms with E-state index in [0.717, 1.165) is 53.7 Å². The monoisotopic (exact) mass is 408 g/mol. The Bertz CT molecular complexity index is 977. The molecule has 1 saturated heterocycles. The molecule has 1 aliphatic rings. The van der Waals surface area contributed by atoms with Crippen molar-refractivity contribution < 1.29 is 9.53 Å². The zero-order valence-corrected chi connectivity index (χ0v) is 17.2. The summed E-state index contributed by atoms with van der Waals surface area (Å²) >= 11 is 1.47. The maximum atomic E-state index is 12.7. The zero-order chi connectivity index (χ0) is 20.1. The van der Waals surface area contributed by atoms with Crippen LogP contribution in [0.5, 0.6) is 0 Å². The number of fused-ring (bicyclic) bond motifs is 1. The van der Waals surface area contributed by atoms with Crippen LogP contribution in [0.2, 0.25) is 0 Å². The lowest BCUT2D eigenvalue weighted by atomic mass is 10.2. The number of morpholine rings is 1. The molecule has 1 amide bonds. The van der Waals surface area contributed by atoms with E-state index in [1.165, 1.54) is 11.8 Å². The molecule has 0 bridgehead atoms. The highest BCUT2D eigenvalue weighted by molar-refractivity contribution is 8.00. The Kier molecular flexibility index (Phi) is 6.39. The lowest BCUT2D eigenvalue weighted by Gasteiger charge is -2.26. The molecule has 1 atom stereocenters. The van der Waals surface area contributed by atoms with Crippen LogP contribution < -0.4 is 5.32 Å². The van der Waals surface area contributed by atoms with Gasteiger partial charge in [-0.25, -0.2) is 9.97 Å². The summed E-state index contributed by atoms with van der Waals surface area (Å²) in [7, 11) is 0. The summed E-state index contributed by atoms with van der Waals surface area (Å²) < 4.78 is 5.43. The first-order valence-electron chi connectivity index (χ1n) is 9.77. The van der Waals surface area contributed by atoms with Gasteiger partial charge in [0.05, 0.1) is 30.5 Å². The van der Waals surface area contributed by atoms with Crippen molar-refractivity contribution in [2.75, 3.05) is 31.6 Å². The van der Waals surface area contributed by atoms with Gasteiger partial charge in [-0.1, -0.05) is 48.2 Å². The summed E-state index contributed by atoms with van der Waals surface area (Å²) in [5, 5.41) is 4.49. The molecule has 4 rings (SSSR count). The van der Waals surface area contributed by atoms with Crippen LogP contribution in [-0.4, -0.2) is 52.3 Å². The normalized spacial score (nSPS) is 15.9. The first-order valence-corrected chi connectivity index (χ1v) is 10.7. The quantitative estimate of drug-likeness (QED) is 0.497. The third-order valence-corrected chi connectivity index (χ3v) is 5.88. The number of carbonyl (C=O) groups excluding carboxylic acids is 1. The number of carbonyl (C=O) groups is 1. The Balaban J connectivity index is 1.54. The minimum absolute atomic E-state index is 0.0429. The minimum Gasteiger partial charge on any atom is -0.379 e. The first-order chi connectivity index (χ1) is 14.2. The molecule has 1 N–H and O–H groups in total. The standard InChI is InChI=1S/C22H24N4O2S/c1-16(21(27)23-17-7-3-2-4-8-17)29-22-18-9-5-6-10-19(18)24-20(25-22)15-26-11-13-28-14-12-26/h2-10,16H,11-15H2,1H3,(H,23,27)/t16-/m1/s1. The molecule has 1 aromatic heterocycles. The van der Waals surface area contributed by atoms with E-state index in [4.69, 9.17) is 14.7 Å². The van der Waals surface area contributed by atoms with Crippen LogP contribution in [0.15, 0.2) is 59.6 Å². The Labute approximate surface area is 174 Å². The largest absolute Gasteiger partial charge is 0.379 e. The van der Waals surface area contributed by atoms with Crippen molar-refractivity contribution in [1.82, 2.24) is 14.9 Å². The summed E-state index contributed by atoms with van der Waals surface area (Å²) in [4.78, 5) is 24.5. The van der Waals surface area contributed by atoms with Gasteiger partial charge in [0.15, 0.2) is 0 Å². The predicted octanol–water partition coefficient (Wildman–Crippen LogP) is 3.58. The number of hydrogen-bond acceptors (Lipinski definition) is 6. The molecule has 6 nitrogen and oxygen atoms in total.